The Labute approximate surface area is 598 Å². The summed E-state index contributed by atoms with van der Waals surface area (Å²) >= 11 is 0. The molecule has 0 saturated carbocycles. The number of aliphatic hydroxyl groups excluding tert-OH is 2. The number of hydrogen-bond donors (Lipinski definition) is 4. The van der Waals surface area contributed by atoms with E-state index in [1.807, 2.05) is 0 Å². The van der Waals surface area contributed by atoms with Crippen LogP contribution in [0.1, 0.15) is 252 Å². The minimum Gasteiger partial charge on any atom is -0.463 e. The summed E-state index contributed by atoms with van der Waals surface area (Å²) in [5.41, 5.74) is 0. The molecule has 0 radical (unpaired) electrons. The first kappa shape index (κ1) is 93.6. The van der Waals surface area contributed by atoms with Crippen molar-refractivity contribution in [1.82, 2.24) is 0 Å². The molecule has 0 saturated heterocycles. The molecule has 0 amide bonds. The van der Waals surface area contributed by atoms with E-state index in [4.69, 9.17) is 32.3 Å². The van der Waals surface area contributed by atoms with Gasteiger partial charge < -0.3 is 34.2 Å². The predicted octanol–water partition coefficient (Wildman–Crippen LogP) is 21.4. The van der Waals surface area contributed by atoms with E-state index < -0.39 is 91.5 Å². The maximum Gasteiger partial charge on any atom is 0.472 e. The van der Waals surface area contributed by atoms with Gasteiger partial charge in [-0.25, -0.2) is 9.13 Å². The van der Waals surface area contributed by atoms with Gasteiger partial charge in [0.1, 0.15) is 25.4 Å². The van der Waals surface area contributed by atoms with Crippen LogP contribution in [0.4, 0.5) is 0 Å². The number of aliphatic hydroxyl groups is 2. The second kappa shape index (κ2) is 72.4. The molecule has 0 spiro atoms. The smallest absolute Gasteiger partial charge is 0.463 e. The zero-order chi connectivity index (χ0) is 72.3. The number of ether oxygens (including phenoxy) is 3. The van der Waals surface area contributed by atoms with Crippen molar-refractivity contribution in [2.75, 3.05) is 39.6 Å². The molecule has 0 fully saturated rings. The Balaban J connectivity index is 4.79. The van der Waals surface area contributed by atoms with E-state index in [1.165, 1.54) is 19.3 Å². The van der Waals surface area contributed by atoms with Gasteiger partial charge in [0.15, 0.2) is 6.10 Å². The Bertz CT molecular complexity index is 2530. The van der Waals surface area contributed by atoms with Gasteiger partial charge in [0.05, 0.1) is 26.4 Å². The minimum atomic E-state index is -4.96. The summed E-state index contributed by atoms with van der Waals surface area (Å²) in [6.45, 7) is 2.29. The number of phosphoric acid groups is 2. The highest BCUT2D eigenvalue weighted by Gasteiger charge is 2.29. The molecule has 99 heavy (non-hydrogen) atoms. The topological polar surface area (TPSA) is 231 Å². The molecule has 5 atom stereocenters. The van der Waals surface area contributed by atoms with Gasteiger partial charge in [-0.15, -0.1) is 0 Å². The SMILES string of the molecule is CC/C=C\C/C=C\C/C=C\C/C=C\C/C=C\C/C=C\CCCCCCC(=O)OCC(O)COP(=O)(O)OCC(O)COP(=O)(O)OCC(COC(=O)CCCCCCC/C=C\C/C=C\C/C=C\C/C=C\CCCCC)OC(=O)CCCCC/C=C\C/C=C\C/C=C\C/C=C\C/C=C\CC. The van der Waals surface area contributed by atoms with Crippen LogP contribution in [-0.4, -0.2) is 95.9 Å². The Morgan fingerprint density at radius 3 is 0.859 bits per heavy atom. The normalized spacial score (nSPS) is 15.1. The van der Waals surface area contributed by atoms with Crippen molar-refractivity contribution in [3.8, 4) is 0 Å². The first-order valence-electron chi connectivity index (χ1n) is 37.1. The third kappa shape index (κ3) is 73.7. The third-order valence-corrected chi connectivity index (χ3v) is 16.5. The average Bonchev–Trinajstić information content (AvgIpc) is 2.30. The van der Waals surface area contributed by atoms with Gasteiger partial charge in [-0.2, -0.15) is 0 Å². The Hall–Kier alpha value is -5.35. The van der Waals surface area contributed by atoms with Crippen molar-refractivity contribution in [1.29, 1.82) is 0 Å². The van der Waals surface area contributed by atoms with Crippen LogP contribution in [0.15, 0.2) is 182 Å². The van der Waals surface area contributed by atoms with Crippen LogP contribution in [-0.2, 0) is 55.8 Å². The highest BCUT2D eigenvalue weighted by atomic mass is 31.2. The zero-order valence-corrected chi connectivity index (χ0v) is 62.6. The van der Waals surface area contributed by atoms with Crippen LogP contribution in [0, 0.1) is 0 Å². The summed E-state index contributed by atoms with van der Waals surface area (Å²) in [7, 11) is -9.83. The molecule has 4 N–H and O–H groups in total. The first-order chi connectivity index (χ1) is 48.2. The number of rotatable bonds is 68. The van der Waals surface area contributed by atoms with Crippen molar-refractivity contribution in [3.05, 3.63) is 182 Å². The summed E-state index contributed by atoms with van der Waals surface area (Å²) < 4.78 is 61.0. The molecule has 18 heteroatoms. The molecular weight excluding hydrogens is 1290 g/mol. The van der Waals surface area contributed by atoms with Crippen LogP contribution < -0.4 is 0 Å². The van der Waals surface area contributed by atoms with Crippen molar-refractivity contribution in [3.63, 3.8) is 0 Å². The summed E-state index contributed by atoms with van der Waals surface area (Å²) in [5.74, 6) is -1.67. The Kier molecular flexibility index (Phi) is 68.5. The molecule has 0 aliphatic carbocycles. The summed E-state index contributed by atoms with van der Waals surface area (Å²) in [4.78, 5) is 58.6. The van der Waals surface area contributed by atoms with Crippen molar-refractivity contribution >= 4 is 33.6 Å². The van der Waals surface area contributed by atoms with Crippen LogP contribution in [0.3, 0.4) is 0 Å². The first-order valence-corrected chi connectivity index (χ1v) is 40.1. The molecule has 560 valence electrons. The molecule has 5 unspecified atom stereocenters. The van der Waals surface area contributed by atoms with E-state index in [-0.39, 0.29) is 19.3 Å². The van der Waals surface area contributed by atoms with Crippen LogP contribution in [0.25, 0.3) is 0 Å². The van der Waals surface area contributed by atoms with E-state index in [9.17, 15) is 43.5 Å². The molecule has 0 aromatic heterocycles. The van der Waals surface area contributed by atoms with Gasteiger partial charge >= 0.3 is 33.6 Å². The molecule has 0 aliphatic rings. The van der Waals surface area contributed by atoms with Gasteiger partial charge in [-0.3, -0.25) is 32.5 Å². The van der Waals surface area contributed by atoms with E-state index in [1.54, 1.807) is 0 Å². The quantitative estimate of drug-likeness (QED) is 0.0146. The fourth-order valence-electron chi connectivity index (χ4n) is 8.99. The van der Waals surface area contributed by atoms with Gasteiger partial charge in [0.2, 0.25) is 0 Å². The second-order valence-electron chi connectivity index (χ2n) is 24.0. The van der Waals surface area contributed by atoms with Crippen molar-refractivity contribution < 1.29 is 75.8 Å². The van der Waals surface area contributed by atoms with Gasteiger partial charge in [0, 0.05) is 19.3 Å². The zero-order valence-electron chi connectivity index (χ0n) is 60.8. The molecule has 0 aromatic rings. The number of allylic oxidation sites excluding steroid dienone is 30. The molecule has 0 rings (SSSR count). The number of carbonyl (C=O) groups is 3. The third-order valence-electron chi connectivity index (χ3n) is 14.6. The summed E-state index contributed by atoms with van der Waals surface area (Å²) in [6, 6.07) is 0. The highest BCUT2D eigenvalue weighted by Crippen LogP contribution is 2.45. The number of esters is 3. The van der Waals surface area contributed by atoms with Crippen LogP contribution in [0.2, 0.25) is 0 Å². The lowest BCUT2D eigenvalue weighted by atomic mass is 10.1. The van der Waals surface area contributed by atoms with Gasteiger partial charge in [-0.05, 0) is 161 Å². The van der Waals surface area contributed by atoms with Crippen LogP contribution in [0.5, 0.6) is 0 Å². The fraction of sp³-hybridized carbons (Fsp3) is 0.593. The van der Waals surface area contributed by atoms with Crippen LogP contribution >= 0.6 is 15.6 Å². The maximum absolute atomic E-state index is 13.0. The van der Waals surface area contributed by atoms with E-state index in [2.05, 4.69) is 203 Å². The molecule has 16 nitrogen and oxygen atoms in total. The monoisotopic (exact) mass is 1420 g/mol. The van der Waals surface area contributed by atoms with E-state index in [0.29, 0.717) is 19.3 Å². The standard InChI is InChI=1S/C81H130O16P2/c1-4-7-10-13-16-19-22-25-28-31-34-36-37-39-42-43-46-49-52-55-58-61-64-67-79(84)91-70-76(82)71-93-98(87,88)94-72-77(83)73-95-99(89,90)96-75-78(97-81(86)69-66-63-60-57-54-51-48-45-40-33-30-27-24-21-18-15-12-9-6-3)74-92-80(85)68-65-62-59-56-53-50-47-44-41-38-35-32-29-26-23-20-17-14-11-8-5-2/h7,9-10,12,16-21,25-30,34-36,38-40,42,44-47,49,51,54,76-78,82-83H,4-6,8,11,13-15,22-24,31-33,37,41,43,48,50,52-53,55-75H2,1-3H3,(H,87,88)(H,89,90)/b10-7-,12-9-,19-16-,20-17-,21-18-,28-25-,29-26-,30-27-,36-34-,38-35-,42-39-,45-40-,47-44-,49-46-,54-51-. The lowest BCUT2D eigenvalue weighted by Crippen LogP contribution is -2.30. The lowest BCUT2D eigenvalue weighted by Gasteiger charge is -2.21. The molecule has 0 aliphatic heterocycles. The van der Waals surface area contributed by atoms with E-state index in [0.717, 1.165) is 173 Å². The highest BCUT2D eigenvalue weighted by molar-refractivity contribution is 7.47. The maximum atomic E-state index is 13.0. The summed E-state index contributed by atoms with van der Waals surface area (Å²) in [5, 5.41) is 20.6. The number of unbranched alkanes of at least 4 members (excludes halogenated alkanes) is 15. The Morgan fingerprint density at radius 2 is 0.535 bits per heavy atom. The number of carbonyl (C=O) groups excluding carboxylic acids is 3. The average molecular weight is 1420 g/mol. The van der Waals surface area contributed by atoms with Gasteiger partial charge in [0.25, 0.3) is 0 Å². The molecule has 0 aromatic carbocycles. The minimum absolute atomic E-state index is 0.0525. The van der Waals surface area contributed by atoms with E-state index >= 15 is 0 Å². The van der Waals surface area contributed by atoms with Gasteiger partial charge in [-0.1, -0.05) is 254 Å². The number of phosphoric ester groups is 2. The fourth-order valence-corrected chi connectivity index (χ4v) is 10.6. The molecule has 0 bridgehead atoms. The second-order valence-corrected chi connectivity index (χ2v) is 26.9. The predicted molar refractivity (Wildman–Crippen MR) is 408 cm³/mol. The lowest BCUT2D eigenvalue weighted by molar-refractivity contribution is -0.161. The summed E-state index contributed by atoms with van der Waals surface area (Å²) in [6.07, 6.45) is 92.1. The largest absolute Gasteiger partial charge is 0.472 e. The number of hydrogen-bond acceptors (Lipinski definition) is 14. The van der Waals surface area contributed by atoms with Crippen molar-refractivity contribution in [2.45, 2.75) is 270 Å². The van der Waals surface area contributed by atoms with Crippen molar-refractivity contribution in [2.24, 2.45) is 0 Å². The molecular formula is C81H130O16P2. The molecule has 0 heterocycles. The Morgan fingerprint density at radius 1 is 0.293 bits per heavy atom.